The van der Waals surface area contributed by atoms with Gasteiger partial charge in [-0.05, 0) is 12.1 Å². The number of sulfonamides is 1. The second-order valence-corrected chi connectivity index (χ2v) is 6.96. The van der Waals surface area contributed by atoms with E-state index in [1.54, 1.807) is 18.3 Å². The third kappa shape index (κ3) is 3.44. The summed E-state index contributed by atoms with van der Waals surface area (Å²) in [5.74, 6) is -0.333. The molecule has 0 atom stereocenters. The molecule has 9 heteroatoms. The molecule has 0 unspecified atom stereocenters. The largest absolute Gasteiger partial charge is 0.397 e. The van der Waals surface area contributed by atoms with Gasteiger partial charge >= 0.3 is 0 Å². The van der Waals surface area contributed by atoms with Gasteiger partial charge in [-0.25, -0.2) is 18.1 Å². The molecule has 0 aliphatic rings. The Morgan fingerprint density at radius 1 is 1.45 bits per heavy atom. The van der Waals surface area contributed by atoms with E-state index < -0.39 is 10.0 Å². The van der Waals surface area contributed by atoms with Crippen molar-refractivity contribution in [2.24, 2.45) is 0 Å². The lowest BCUT2D eigenvalue weighted by molar-refractivity contribution is 0.0959. The summed E-state index contributed by atoms with van der Waals surface area (Å²) in [7, 11) is -3.25. The van der Waals surface area contributed by atoms with Gasteiger partial charge in [0.25, 0.3) is 5.91 Å². The molecule has 0 bridgehead atoms. The number of aromatic nitrogens is 1. The SMILES string of the molecule is CS(=O)(=O)NCCNC(=O)c1sc2ncccc2c1N. The van der Waals surface area contributed by atoms with Crippen molar-refractivity contribution in [3.63, 3.8) is 0 Å². The molecule has 20 heavy (non-hydrogen) atoms. The summed E-state index contributed by atoms with van der Waals surface area (Å²) in [5.41, 5.74) is 6.31. The Balaban J connectivity index is 2.03. The summed E-state index contributed by atoms with van der Waals surface area (Å²) in [6, 6.07) is 3.55. The number of nitrogens with two attached hydrogens (primary N) is 1. The lowest BCUT2D eigenvalue weighted by Crippen LogP contribution is -2.34. The molecule has 2 rings (SSSR count). The number of nitrogens with one attached hydrogen (secondary N) is 2. The van der Waals surface area contributed by atoms with E-state index in [1.807, 2.05) is 0 Å². The second-order valence-electron chi connectivity index (χ2n) is 4.12. The van der Waals surface area contributed by atoms with Gasteiger partial charge in [0, 0.05) is 24.7 Å². The van der Waals surface area contributed by atoms with Crippen LogP contribution in [0.25, 0.3) is 10.2 Å². The van der Waals surface area contributed by atoms with Crippen LogP contribution in [-0.4, -0.2) is 38.7 Å². The number of anilines is 1. The molecule has 1 amide bonds. The van der Waals surface area contributed by atoms with E-state index in [0.29, 0.717) is 15.4 Å². The minimum atomic E-state index is -3.25. The Kier molecular flexibility index (Phi) is 4.21. The van der Waals surface area contributed by atoms with Gasteiger partial charge in [0.2, 0.25) is 10.0 Å². The van der Waals surface area contributed by atoms with Gasteiger partial charge < -0.3 is 11.1 Å². The molecule has 0 saturated carbocycles. The van der Waals surface area contributed by atoms with E-state index in [9.17, 15) is 13.2 Å². The molecule has 2 heterocycles. The van der Waals surface area contributed by atoms with Crippen LogP contribution in [0.4, 0.5) is 5.69 Å². The van der Waals surface area contributed by atoms with Crippen LogP contribution in [0.15, 0.2) is 18.3 Å². The third-order valence-corrected chi connectivity index (χ3v) is 4.34. The second kappa shape index (κ2) is 5.73. The van der Waals surface area contributed by atoms with Crippen LogP contribution in [0.5, 0.6) is 0 Å². The van der Waals surface area contributed by atoms with E-state index >= 15 is 0 Å². The first-order chi connectivity index (χ1) is 9.38. The van der Waals surface area contributed by atoms with Gasteiger partial charge in [0.05, 0.1) is 11.9 Å². The number of nitrogen functional groups attached to an aromatic ring is 1. The number of thiophene rings is 1. The quantitative estimate of drug-likeness (QED) is 0.680. The monoisotopic (exact) mass is 314 g/mol. The molecule has 0 spiro atoms. The number of hydrogen-bond donors (Lipinski definition) is 3. The number of hydrogen-bond acceptors (Lipinski definition) is 6. The highest BCUT2D eigenvalue weighted by Gasteiger charge is 2.16. The van der Waals surface area contributed by atoms with Crippen molar-refractivity contribution >= 4 is 43.2 Å². The molecule has 7 nitrogen and oxygen atoms in total. The van der Waals surface area contributed by atoms with Crippen molar-refractivity contribution in [1.29, 1.82) is 0 Å². The van der Waals surface area contributed by atoms with Crippen LogP contribution in [0.3, 0.4) is 0 Å². The summed E-state index contributed by atoms with van der Waals surface area (Å²) in [5, 5.41) is 3.36. The lowest BCUT2D eigenvalue weighted by atomic mass is 10.2. The predicted molar refractivity (Wildman–Crippen MR) is 79.2 cm³/mol. The van der Waals surface area contributed by atoms with Crippen molar-refractivity contribution in [1.82, 2.24) is 15.0 Å². The lowest BCUT2D eigenvalue weighted by Gasteiger charge is -2.04. The zero-order valence-electron chi connectivity index (χ0n) is 10.7. The Hall–Kier alpha value is -1.71. The molecule has 2 aromatic heterocycles. The summed E-state index contributed by atoms with van der Waals surface area (Å²) < 4.78 is 24.0. The number of rotatable bonds is 5. The number of amides is 1. The summed E-state index contributed by atoms with van der Waals surface area (Å²) in [4.78, 5) is 17.2. The van der Waals surface area contributed by atoms with Crippen LogP contribution < -0.4 is 15.8 Å². The average molecular weight is 314 g/mol. The molecular formula is C11H14N4O3S2. The first kappa shape index (κ1) is 14.7. The highest BCUT2D eigenvalue weighted by atomic mass is 32.2. The van der Waals surface area contributed by atoms with E-state index in [0.717, 1.165) is 11.6 Å². The minimum Gasteiger partial charge on any atom is -0.397 e. The number of nitrogens with zero attached hydrogens (tertiary/aromatic N) is 1. The first-order valence-electron chi connectivity index (χ1n) is 5.74. The van der Waals surface area contributed by atoms with Crippen molar-refractivity contribution < 1.29 is 13.2 Å². The molecule has 2 aromatic rings. The molecule has 0 fully saturated rings. The van der Waals surface area contributed by atoms with Gasteiger partial charge in [0.1, 0.15) is 9.71 Å². The van der Waals surface area contributed by atoms with E-state index in [4.69, 9.17) is 5.73 Å². The standard InChI is InChI=1S/C11H14N4O3S2/c1-20(17,18)15-6-5-13-10(16)9-8(12)7-3-2-4-14-11(7)19-9/h2-4,15H,5-6,12H2,1H3,(H,13,16). The van der Waals surface area contributed by atoms with Crippen molar-refractivity contribution in [2.45, 2.75) is 0 Å². The molecule has 108 valence electrons. The molecule has 0 radical (unpaired) electrons. The number of pyridine rings is 1. The maximum absolute atomic E-state index is 12.0. The van der Waals surface area contributed by atoms with Crippen LogP contribution in [0.1, 0.15) is 9.67 Å². The highest BCUT2D eigenvalue weighted by Crippen LogP contribution is 2.31. The molecular weight excluding hydrogens is 300 g/mol. The van der Waals surface area contributed by atoms with Gasteiger partial charge in [-0.3, -0.25) is 4.79 Å². The summed E-state index contributed by atoms with van der Waals surface area (Å²) in [6.07, 6.45) is 2.69. The number of fused-ring (bicyclic) bond motifs is 1. The minimum absolute atomic E-state index is 0.133. The fourth-order valence-corrected chi connectivity index (χ4v) is 3.06. The van der Waals surface area contributed by atoms with E-state index in [-0.39, 0.29) is 19.0 Å². The van der Waals surface area contributed by atoms with E-state index in [2.05, 4.69) is 15.0 Å². The average Bonchev–Trinajstić information content (AvgIpc) is 2.72. The molecule has 0 aliphatic carbocycles. The maximum Gasteiger partial charge on any atom is 0.263 e. The Morgan fingerprint density at radius 2 is 2.20 bits per heavy atom. The third-order valence-electron chi connectivity index (χ3n) is 2.49. The number of carbonyl (C=O) groups is 1. The van der Waals surface area contributed by atoms with E-state index in [1.165, 1.54) is 11.3 Å². The molecule has 0 aromatic carbocycles. The normalized spacial score (nSPS) is 11.7. The summed E-state index contributed by atoms with van der Waals surface area (Å²) >= 11 is 1.21. The Bertz CT molecular complexity index is 739. The zero-order valence-corrected chi connectivity index (χ0v) is 12.3. The topological polar surface area (TPSA) is 114 Å². The van der Waals surface area contributed by atoms with Crippen molar-refractivity contribution in [2.75, 3.05) is 25.1 Å². The first-order valence-corrected chi connectivity index (χ1v) is 8.45. The van der Waals surface area contributed by atoms with Gasteiger partial charge in [0.15, 0.2) is 0 Å². The number of carbonyl (C=O) groups excluding carboxylic acids is 1. The van der Waals surface area contributed by atoms with Gasteiger partial charge in [-0.15, -0.1) is 11.3 Å². The Labute approximate surface area is 120 Å². The predicted octanol–water partition coefficient (Wildman–Crippen LogP) is 0.157. The summed E-state index contributed by atoms with van der Waals surface area (Å²) in [6.45, 7) is 0.320. The fourth-order valence-electron chi connectivity index (χ4n) is 1.61. The van der Waals surface area contributed by atoms with Crippen LogP contribution in [0, 0.1) is 0 Å². The van der Waals surface area contributed by atoms with Crippen LogP contribution in [0.2, 0.25) is 0 Å². The molecule has 0 aliphatic heterocycles. The van der Waals surface area contributed by atoms with Gasteiger partial charge in [-0.1, -0.05) is 0 Å². The highest BCUT2D eigenvalue weighted by molar-refractivity contribution is 7.88. The van der Waals surface area contributed by atoms with Crippen LogP contribution >= 0.6 is 11.3 Å². The smallest absolute Gasteiger partial charge is 0.263 e. The van der Waals surface area contributed by atoms with Crippen molar-refractivity contribution in [3.8, 4) is 0 Å². The zero-order chi connectivity index (χ0) is 14.8. The molecule has 0 saturated heterocycles. The molecule has 4 N–H and O–H groups in total. The van der Waals surface area contributed by atoms with Crippen LogP contribution in [-0.2, 0) is 10.0 Å². The fraction of sp³-hybridized carbons (Fsp3) is 0.273. The van der Waals surface area contributed by atoms with Gasteiger partial charge in [-0.2, -0.15) is 0 Å². The maximum atomic E-state index is 12.0. The van der Waals surface area contributed by atoms with Crippen molar-refractivity contribution in [3.05, 3.63) is 23.2 Å². The Morgan fingerprint density at radius 3 is 2.85 bits per heavy atom.